The Balaban J connectivity index is 0.00000144. The highest BCUT2D eigenvalue weighted by atomic mass is 35.5. The molecule has 13 heavy (non-hydrogen) atoms. The minimum atomic E-state index is 0. The molecule has 1 rings (SSSR count). The van der Waals surface area contributed by atoms with Gasteiger partial charge in [-0.2, -0.15) is 10.4 Å². The first kappa shape index (κ1) is 11.2. The number of nitrogens with zero attached hydrogens (tertiary/aromatic N) is 3. The van der Waals surface area contributed by atoms with Crippen LogP contribution in [-0.4, -0.2) is 10.8 Å². The molecule has 5 nitrogen and oxygen atoms in total. The van der Waals surface area contributed by atoms with Crippen molar-refractivity contribution in [2.24, 2.45) is 16.7 Å². The summed E-state index contributed by atoms with van der Waals surface area (Å²) in [6.07, 6.45) is 1.48. The first-order chi connectivity index (χ1) is 5.77. The molecule has 0 aliphatic heterocycles. The van der Waals surface area contributed by atoms with Crippen molar-refractivity contribution in [1.29, 1.82) is 5.26 Å². The summed E-state index contributed by atoms with van der Waals surface area (Å²) in [6, 6.07) is 5.05. The minimum absolute atomic E-state index is 0. The quantitative estimate of drug-likeness (QED) is 0.285. The van der Waals surface area contributed by atoms with Crippen LogP contribution in [-0.2, 0) is 0 Å². The van der Waals surface area contributed by atoms with Crippen molar-refractivity contribution >= 4 is 18.2 Å². The number of hydrogen-bond donors (Lipinski definition) is 2. The molecular weight excluding hydrogens is 190 g/mol. The molecule has 0 bridgehead atoms. The van der Waals surface area contributed by atoms with Crippen molar-refractivity contribution in [2.75, 3.05) is 0 Å². The predicted octanol–water partition coefficient (Wildman–Crippen LogP) is -0.0459. The van der Waals surface area contributed by atoms with E-state index >= 15 is 0 Å². The molecular formula is C7H8ClN5. The molecule has 0 atom stereocenters. The lowest BCUT2D eigenvalue weighted by Crippen LogP contribution is -2.17. The SMILES string of the molecule is Cl.N#Cc1ccnc(C(N)=NN)c1. The lowest BCUT2D eigenvalue weighted by atomic mass is 10.2. The molecule has 0 unspecified atom stereocenters. The number of pyridine rings is 1. The van der Waals surface area contributed by atoms with Gasteiger partial charge in [0, 0.05) is 6.20 Å². The number of hydrogen-bond acceptors (Lipinski definition) is 4. The van der Waals surface area contributed by atoms with Crippen molar-refractivity contribution < 1.29 is 0 Å². The molecule has 0 amide bonds. The predicted molar refractivity (Wildman–Crippen MR) is 51.1 cm³/mol. The molecule has 0 saturated carbocycles. The van der Waals surface area contributed by atoms with Crippen molar-refractivity contribution in [3.8, 4) is 6.07 Å². The van der Waals surface area contributed by atoms with Crippen LogP contribution in [0.25, 0.3) is 0 Å². The molecule has 4 N–H and O–H groups in total. The average Bonchev–Trinajstić information content (AvgIpc) is 2.17. The standard InChI is InChI=1S/C7H7N5.ClH/c8-4-5-1-2-11-6(3-5)7(9)12-10;/h1-3H,10H2,(H2,9,12);1H. The highest BCUT2D eigenvalue weighted by molar-refractivity contribution is 5.95. The number of halogens is 1. The number of nitrogens with two attached hydrogens (primary N) is 2. The first-order valence-corrected chi connectivity index (χ1v) is 3.18. The molecule has 1 aromatic heterocycles. The lowest BCUT2D eigenvalue weighted by Gasteiger charge is -1.96. The third-order valence-corrected chi connectivity index (χ3v) is 1.29. The summed E-state index contributed by atoms with van der Waals surface area (Å²) in [4.78, 5) is 3.87. The van der Waals surface area contributed by atoms with E-state index in [0.29, 0.717) is 11.3 Å². The topological polar surface area (TPSA) is 101 Å². The molecule has 0 spiro atoms. The van der Waals surface area contributed by atoms with Crippen molar-refractivity contribution in [2.45, 2.75) is 0 Å². The highest BCUT2D eigenvalue weighted by Crippen LogP contribution is 1.98. The molecule has 1 aromatic rings. The molecule has 68 valence electrons. The van der Waals surface area contributed by atoms with E-state index in [9.17, 15) is 0 Å². The Hall–Kier alpha value is -1.80. The zero-order valence-corrected chi connectivity index (χ0v) is 7.45. The van der Waals surface area contributed by atoms with Crippen LogP contribution in [0.4, 0.5) is 0 Å². The van der Waals surface area contributed by atoms with Crippen molar-refractivity contribution in [3.05, 3.63) is 29.6 Å². The summed E-state index contributed by atoms with van der Waals surface area (Å²) in [5.74, 6) is 5.05. The Morgan fingerprint density at radius 3 is 2.85 bits per heavy atom. The fourth-order valence-corrected chi connectivity index (χ4v) is 0.706. The lowest BCUT2D eigenvalue weighted by molar-refractivity contribution is 1.19. The Morgan fingerprint density at radius 1 is 1.62 bits per heavy atom. The summed E-state index contributed by atoms with van der Waals surface area (Å²) >= 11 is 0. The molecule has 0 fully saturated rings. The largest absolute Gasteiger partial charge is 0.380 e. The summed E-state index contributed by atoms with van der Waals surface area (Å²) in [7, 11) is 0. The molecule has 1 heterocycles. The third-order valence-electron chi connectivity index (χ3n) is 1.29. The number of hydrazone groups is 1. The van der Waals surface area contributed by atoms with Crippen molar-refractivity contribution in [1.82, 2.24) is 4.98 Å². The summed E-state index contributed by atoms with van der Waals surface area (Å²) < 4.78 is 0. The van der Waals surface area contributed by atoms with E-state index in [1.54, 1.807) is 6.07 Å². The molecule has 0 saturated heterocycles. The molecule has 0 aromatic carbocycles. The Kier molecular flexibility index (Phi) is 4.27. The zero-order valence-electron chi connectivity index (χ0n) is 6.64. The van der Waals surface area contributed by atoms with Gasteiger partial charge >= 0.3 is 0 Å². The molecule has 0 aliphatic rings. The van der Waals surface area contributed by atoms with Gasteiger partial charge in [-0.25, -0.2) is 0 Å². The van der Waals surface area contributed by atoms with Crippen LogP contribution in [0.15, 0.2) is 23.4 Å². The Labute approximate surface area is 81.5 Å². The van der Waals surface area contributed by atoms with E-state index in [1.807, 2.05) is 6.07 Å². The van der Waals surface area contributed by atoms with Crippen LogP contribution >= 0.6 is 12.4 Å². The highest BCUT2D eigenvalue weighted by Gasteiger charge is 1.99. The molecule has 0 radical (unpaired) electrons. The van der Waals surface area contributed by atoms with Gasteiger partial charge in [-0.05, 0) is 12.1 Å². The maximum Gasteiger partial charge on any atom is 0.168 e. The normalized spacial score (nSPS) is 9.92. The number of rotatable bonds is 1. The van der Waals surface area contributed by atoms with Crippen LogP contribution in [0.2, 0.25) is 0 Å². The monoisotopic (exact) mass is 197 g/mol. The molecule has 0 aliphatic carbocycles. The van der Waals surface area contributed by atoms with Crippen LogP contribution in [0.3, 0.4) is 0 Å². The van der Waals surface area contributed by atoms with Gasteiger partial charge in [-0.15, -0.1) is 12.4 Å². The van der Waals surface area contributed by atoms with E-state index in [-0.39, 0.29) is 18.2 Å². The number of amidine groups is 1. The van der Waals surface area contributed by atoms with Crippen LogP contribution < -0.4 is 11.6 Å². The van der Waals surface area contributed by atoms with Gasteiger partial charge in [0.05, 0.1) is 11.6 Å². The summed E-state index contributed by atoms with van der Waals surface area (Å²) in [5, 5.41) is 11.8. The summed E-state index contributed by atoms with van der Waals surface area (Å²) in [6.45, 7) is 0. The Bertz CT molecular complexity index is 354. The fourth-order valence-electron chi connectivity index (χ4n) is 0.706. The molecule has 6 heteroatoms. The first-order valence-electron chi connectivity index (χ1n) is 3.18. The summed E-state index contributed by atoms with van der Waals surface area (Å²) in [5.41, 5.74) is 6.26. The zero-order chi connectivity index (χ0) is 8.97. The third kappa shape index (κ3) is 2.61. The van der Waals surface area contributed by atoms with Gasteiger partial charge in [0.2, 0.25) is 0 Å². The van der Waals surface area contributed by atoms with Gasteiger partial charge in [0.1, 0.15) is 5.69 Å². The second-order valence-electron chi connectivity index (χ2n) is 2.06. The Morgan fingerprint density at radius 2 is 2.31 bits per heavy atom. The van der Waals surface area contributed by atoms with E-state index in [4.69, 9.17) is 16.8 Å². The number of nitriles is 1. The second-order valence-corrected chi connectivity index (χ2v) is 2.06. The fraction of sp³-hybridized carbons (Fsp3) is 0. The van der Waals surface area contributed by atoms with Gasteiger partial charge in [0.25, 0.3) is 0 Å². The van der Waals surface area contributed by atoms with E-state index in [1.165, 1.54) is 12.3 Å². The van der Waals surface area contributed by atoms with Crippen LogP contribution in [0, 0.1) is 11.3 Å². The van der Waals surface area contributed by atoms with E-state index in [2.05, 4.69) is 10.1 Å². The second kappa shape index (κ2) is 4.95. The van der Waals surface area contributed by atoms with Gasteiger partial charge in [-0.3, -0.25) is 4.98 Å². The maximum atomic E-state index is 8.53. The van der Waals surface area contributed by atoms with Gasteiger partial charge in [-0.1, -0.05) is 0 Å². The van der Waals surface area contributed by atoms with Gasteiger partial charge in [0.15, 0.2) is 5.84 Å². The van der Waals surface area contributed by atoms with Crippen LogP contribution in [0.5, 0.6) is 0 Å². The van der Waals surface area contributed by atoms with Crippen molar-refractivity contribution in [3.63, 3.8) is 0 Å². The smallest absolute Gasteiger partial charge is 0.168 e. The van der Waals surface area contributed by atoms with Crippen LogP contribution in [0.1, 0.15) is 11.3 Å². The number of aromatic nitrogens is 1. The van der Waals surface area contributed by atoms with E-state index in [0.717, 1.165) is 0 Å². The maximum absolute atomic E-state index is 8.53. The van der Waals surface area contributed by atoms with E-state index < -0.39 is 0 Å². The van der Waals surface area contributed by atoms with Gasteiger partial charge < -0.3 is 11.6 Å². The minimum Gasteiger partial charge on any atom is -0.380 e. The average molecular weight is 198 g/mol.